The Morgan fingerprint density at radius 2 is 1.71 bits per heavy atom. The second-order valence-corrected chi connectivity index (χ2v) is 8.94. The first-order valence-electron chi connectivity index (χ1n) is 8.44. The van der Waals surface area contributed by atoms with Crippen LogP contribution in [0, 0.1) is 22.7 Å². The third-order valence-electron chi connectivity index (χ3n) is 7.22. The maximum Gasteiger partial charge on any atom is 0.139 e. The van der Waals surface area contributed by atoms with Crippen LogP contribution in [0.4, 0.5) is 0 Å². The van der Waals surface area contributed by atoms with Gasteiger partial charge in [0.1, 0.15) is 5.78 Å². The molecule has 0 amide bonds. The first-order valence-corrected chi connectivity index (χ1v) is 8.44. The molecule has 0 aromatic carbocycles. The van der Waals surface area contributed by atoms with Crippen molar-refractivity contribution in [3.63, 3.8) is 0 Å². The Bertz CT molecular complexity index is 494. The van der Waals surface area contributed by atoms with E-state index >= 15 is 0 Å². The summed E-state index contributed by atoms with van der Waals surface area (Å²) in [5.74, 6) is 1.45. The first kappa shape index (κ1) is 15.3. The molecule has 3 fully saturated rings. The molecule has 2 saturated carbocycles. The fourth-order valence-corrected chi connectivity index (χ4v) is 5.99. The van der Waals surface area contributed by atoms with Crippen LogP contribution in [-0.2, 0) is 9.53 Å². The van der Waals surface area contributed by atoms with Crippen LogP contribution in [0.15, 0.2) is 12.7 Å². The number of ketones is 1. The zero-order chi connectivity index (χ0) is 15.7. The molecule has 2 aliphatic carbocycles. The highest BCUT2D eigenvalue weighted by molar-refractivity contribution is 5.88. The van der Waals surface area contributed by atoms with Gasteiger partial charge in [-0.1, -0.05) is 26.8 Å². The molecule has 3 aliphatic rings. The summed E-state index contributed by atoms with van der Waals surface area (Å²) in [5, 5.41) is 0. The number of Topliss-reactive ketones (excluding diaryl/α,β-unsaturated/α-hetero) is 1. The van der Waals surface area contributed by atoms with E-state index in [2.05, 4.69) is 41.2 Å². The standard InChI is InChI=1S/C19H30O2/c1-7-17(4)10-8-14-18(5)12-15(20)16(2,3)13(18)9-11-19(14,6)21-17/h7,13-14H,1,8-12H2,2-6H3. The zero-order valence-corrected chi connectivity index (χ0v) is 14.3. The van der Waals surface area contributed by atoms with E-state index in [-0.39, 0.29) is 22.0 Å². The van der Waals surface area contributed by atoms with E-state index in [0.717, 1.165) is 32.1 Å². The summed E-state index contributed by atoms with van der Waals surface area (Å²) < 4.78 is 6.56. The second-order valence-electron chi connectivity index (χ2n) is 8.94. The van der Waals surface area contributed by atoms with Crippen LogP contribution in [0.3, 0.4) is 0 Å². The molecule has 0 aromatic heterocycles. The summed E-state index contributed by atoms with van der Waals surface area (Å²) in [6.07, 6.45) is 7.04. The molecule has 0 radical (unpaired) electrons. The van der Waals surface area contributed by atoms with Gasteiger partial charge in [0.15, 0.2) is 0 Å². The Morgan fingerprint density at radius 1 is 1.10 bits per heavy atom. The summed E-state index contributed by atoms with van der Waals surface area (Å²) >= 11 is 0. The van der Waals surface area contributed by atoms with Crippen molar-refractivity contribution >= 4 is 5.78 Å². The lowest BCUT2D eigenvalue weighted by molar-refractivity contribution is -0.236. The molecule has 0 aromatic rings. The predicted octanol–water partition coefficient (Wildman–Crippen LogP) is 4.53. The molecule has 3 rings (SSSR count). The van der Waals surface area contributed by atoms with E-state index in [1.165, 1.54) is 0 Å². The molecule has 1 heterocycles. The zero-order valence-electron chi connectivity index (χ0n) is 14.3. The summed E-state index contributed by atoms with van der Waals surface area (Å²) in [6.45, 7) is 15.1. The second kappa shape index (κ2) is 4.22. The van der Waals surface area contributed by atoms with Crippen LogP contribution in [0.2, 0.25) is 0 Å². The van der Waals surface area contributed by atoms with Crippen molar-refractivity contribution in [2.75, 3.05) is 0 Å². The SMILES string of the molecule is C=CC1(C)CCC2C(C)(CCC3C(C)(C)C(=O)CC23C)O1. The fourth-order valence-electron chi connectivity index (χ4n) is 5.99. The normalized spacial score (nSPS) is 52.1. The highest BCUT2D eigenvalue weighted by Crippen LogP contribution is 2.66. The molecule has 0 spiro atoms. The number of carbonyl (C=O) groups excluding carboxylic acids is 1. The van der Waals surface area contributed by atoms with Gasteiger partial charge in [-0.3, -0.25) is 4.79 Å². The van der Waals surface area contributed by atoms with Gasteiger partial charge in [-0.25, -0.2) is 0 Å². The minimum absolute atomic E-state index is 0.104. The lowest BCUT2D eigenvalue weighted by Crippen LogP contribution is -2.59. The quantitative estimate of drug-likeness (QED) is 0.663. The van der Waals surface area contributed by atoms with Gasteiger partial charge in [-0.05, 0) is 56.8 Å². The summed E-state index contributed by atoms with van der Waals surface area (Å²) in [5.41, 5.74) is -0.356. The topological polar surface area (TPSA) is 26.3 Å². The molecular formula is C19H30O2. The smallest absolute Gasteiger partial charge is 0.139 e. The van der Waals surface area contributed by atoms with E-state index in [1.807, 2.05) is 6.08 Å². The van der Waals surface area contributed by atoms with Gasteiger partial charge in [-0.2, -0.15) is 0 Å². The molecule has 21 heavy (non-hydrogen) atoms. The highest BCUT2D eigenvalue weighted by Gasteiger charge is 2.65. The molecule has 0 N–H and O–H groups in total. The molecule has 2 nitrogen and oxygen atoms in total. The Morgan fingerprint density at radius 3 is 2.33 bits per heavy atom. The average Bonchev–Trinajstić information content (AvgIpc) is 2.54. The largest absolute Gasteiger partial charge is 0.365 e. The molecule has 5 atom stereocenters. The van der Waals surface area contributed by atoms with Crippen molar-refractivity contribution in [1.82, 2.24) is 0 Å². The number of hydrogen-bond donors (Lipinski definition) is 0. The van der Waals surface area contributed by atoms with Gasteiger partial charge in [0, 0.05) is 11.8 Å². The molecular weight excluding hydrogens is 260 g/mol. The minimum atomic E-state index is -0.202. The first-order chi connectivity index (χ1) is 9.57. The number of carbonyl (C=O) groups is 1. The maximum absolute atomic E-state index is 12.6. The van der Waals surface area contributed by atoms with Crippen molar-refractivity contribution < 1.29 is 9.53 Å². The van der Waals surface area contributed by atoms with E-state index in [4.69, 9.17) is 4.74 Å². The van der Waals surface area contributed by atoms with Crippen LogP contribution in [-0.4, -0.2) is 17.0 Å². The molecule has 1 saturated heterocycles. The molecule has 118 valence electrons. The van der Waals surface area contributed by atoms with Crippen molar-refractivity contribution in [2.24, 2.45) is 22.7 Å². The third kappa shape index (κ3) is 1.91. The third-order valence-corrected chi connectivity index (χ3v) is 7.22. The molecule has 2 heteroatoms. The molecule has 5 unspecified atom stereocenters. The number of ether oxygens (including phenoxy) is 1. The predicted molar refractivity (Wildman–Crippen MR) is 85.1 cm³/mol. The summed E-state index contributed by atoms with van der Waals surface area (Å²) in [4.78, 5) is 12.6. The summed E-state index contributed by atoms with van der Waals surface area (Å²) in [6, 6.07) is 0. The highest BCUT2D eigenvalue weighted by atomic mass is 16.5. The van der Waals surface area contributed by atoms with Gasteiger partial charge >= 0.3 is 0 Å². The monoisotopic (exact) mass is 290 g/mol. The van der Waals surface area contributed by atoms with Gasteiger partial charge in [0.05, 0.1) is 11.2 Å². The molecule has 0 bridgehead atoms. The van der Waals surface area contributed by atoms with Gasteiger partial charge in [0.25, 0.3) is 0 Å². The fraction of sp³-hybridized carbons (Fsp3) is 0.842. The maximum atomic E-state index is 12.6. The Kier molecular flexibility index (Phi) is 3.07. The number of fused-ring (bicyclic) bond motifs is 3. The van der Waals surface area contributed by atoms with Gasteiger partial charge in [0.2, 0.25) is 0 Å². The average molecular weight is 290 g/mol. The van der Waals surface area contributed by atoms with Crippen LogP contribution in [0.1, 0.15) is 66.7 Å². The minimum Gasteiger partial charge on any atom is -0.365 e. The molecule has 1 aliphatic heterocycles. The Labute approximate surface area is 129 Å². The Balaban J connectivity index is 1.98. The van der Waals surface area contributed by atoms with E-state index in [9.17, 15) is 4.79 Å². The van der Waals surface area contributed by atoms with E-state index in [0.29, 0.717) is 17.6 Å². The van der Waals surface area contributed by atoms with E-state index in [1.54, 1.807) is 0 Å². The van der Waals surface area contributed by atoms with E-state index < -0.39 is 0 Å². The van der Waals surface area contributed by atoms with Crippen molar-refractivity contribution in [1.29, 1.82) is 0 Å². The summed E-state index contributed by atoms with van der Waals surface area (Å²) in [7, 11) is 0. The van der Waals surface area contributed by atoms with Crippen LogP contribution < -0.4 is 0 Å². The van der Waals surface area contributed by atoms with Gasteiger partial charge in [-0.15, -0.1) is 6.58 Å². The Hall–Kier alpha value is -0.630. The van der Waals surface area contributed by atoms with Gasteiger partial charge < -0.3 is 4.74 Å². The van der Waals surface area contributed by atoms with Crippen LogP contribution >= 0.6 is 0 Å². The van der Waals surface area contributed by atoms with Crippen LogP contribution in [0.5, 0.6) is 0 Å². The van der Waals surface area contributed by atoms with Crippen molar-refractivity contribution in [3.8, 4) is 0 Å². The lowest BCUT2D eigenvalue weighted by atomic mass is 9.52. The number of hydrogen-bond acceptors (Lipinski definition) is 2. The van der Waals surface area contributed by atoms with Crippen molar-refractivity contribution in [3.05, 3.63) is 12.7 Å². The number of rotatable bonds is 1. The van der Waals surface area contributed by atoms with Crippen molar-refractivity contribution in [2.45, 2.75) is 77.9 Å². The van der Waals surface area contributed by atoms with Crippen LogP contribution in [0.25, 0.3) is 0 Å². The lowest BCUT2D eigenvalue weighted by Gasteiger charge is -2.60.